The molecule has 0 aliphatic carbocycles. The van der Waals surface area contributed by atoms with Gasteiger partial charge in [0.05, 0.1) is 0 Å². The maximum atomic E-state index is 2.28. The van der Waals surface area contributed by atoms with Gasteiger partial charge in [0, 0.05) is 0 Å². The Morgan fingerprint density at radius 1 is 0.310 bits per heavy atom. The Bertz CT molecular complexity index is 178. The molecule has 0 atom stereocenters. The van der Waals surface area contributed by atoms with E-state index in [1.54, 1.807) is 45.0 Å². The summed E-state index contributed by atoms with van der Waals surface area (Å²) < 4.78 is 2.92. The van der Waals surface area contributed by atoms with E-state index >= 15 is 0 Å². The third-order valence-electron chi connectivity index (χ3n) is 5.06. The van der Waals surface area contributed by atoms with Crippen molar-refractivity contribution in [3.05, 3.63) is 0 Å². The van der Waals surface area contributed by atoms with Crippen molar-refractivity contribution in [2.24, 2.45) is 0 Å². The summed E-state index contributed by atoms with van der Waals surface area (Å²) >= 11 is 3.43. The minimum absolute atomic E-state index is 0. The van der Waals surface area contributed by atoms with Gasteiger partial charge in [-0.1, -0.05) is 0 Å². The summed E-state index contributed by atoms with van der Waals surface area (Å²) in [6, 6.07) is 0. The third-order valence-corrected chi connectivity index (χ3v) is 7.08. The van der Waals surface area contributed by atoms with Crippen LogP contribution in [0.5, 0.6) is 0 Å². The van der Waals surface area contributed by atoms with Gasteiger partial charge in [-0.25, -0.2) is 0 Å². The van der Waals surface area contributed by atoms with Crippen LogP contribution in [0, 0.1) is 0 Å². The van der Waals surface area contributed by atoms with Gasteiger partial charge in [-0.3, -0.25) is 0 Å². The van der Waals surface area contributed by atoms with E-state index in [9.17, 15) is 0 Å². The van der Waals surface area contributed by atoms with Crippen LogP contribution in [0.25, 0.3) is 0 Å². The van der Waals surface area contributed by atoms with Gasteiger partial charge in [0.25, 0.3) is 0 Å². The molecule has 0 unspecified atom stereocenters. The molecular weight excluding hydrogens is 574 g/mol. The maximum absolute atomic E-state index is 2.28. The summed E-state index contributed by atoms with van der Waals surface area (Å²) in [6.45, 7) is 4.57. The van der Waals surface area contributed by atoms with Crippen LogP contribution in [0.4, 0.5) is 0 Å². The summed E-state index contributed by atoms with van der Waals surface area (Å²) in [4.78, 5) is 0. The first-order valence-corrected chi connectivity index (χ1v) is 16.2. The second-order valence-corrected chi connectivity index (χ2v) is 10.7. The summed E-state index contributed by atoms with van der Waals surface area (Å²) in [5, 5.41) is 0. The molecule has 0 aliphatic rings. The van der Waals surface area contributed by atoms with E-state index in [2.05, 4.69) is 13.8 Å². The molecule has 0 amide bonds. The molecule has 0 saturated carbocycles. The van der Waals surface area contributed by atoms with Crippen LogP contribution >= 0.6 is 0 Å². The monoisotopic (exact) mass is 626 g/mol. The largest absolute Gasteiger partial charge is 2.00 e. The number of hydrogen-bond acceptors (Lipinski definition) is 0. The van der Waals surface area contributed by atoms with Crippen LogP contribution in [0.3, 0.4) is 0 Å². The molecular formula is C24H50O3Sn2. The van der Waals surface area contributed by atoms with E-state index < -0.39 is 0 Å². The quantitative estimate of drug-likeness (QED) is 0.0960. The maximum Gasteiger partial charge on any atom is -2.00 e. The van der Waals surface area contributed by atoms with Gasteiger partial charge in [-0.15, -0.1) is 0 Å². The zero-order valence-corrected chi connectivity index (χ0v) is 25.5. The first-order valence-electron chi connectivity index (χ1n) is 12.1. The number of hydrogen-bond donors (Lipinski definition) is 0. The fourth-order valence-electron chi connectivity index (χ4n) is 3.22. The fraction of sp³-hybridized carbons (Fsp3) is 1.00. The molecule has 0 aliphatic heterocycles. The third kappa shape index (κ3) is 48.2. The van der Waals surface area contributed by atoms with Gasteiger partial charge in [0.15, 0.2) is 0 Å². The molecule has 0 aromatic rings. The molecule has 5 heteroatoms. The Morgan fingerprint density at radius 3 is 0.655 bits per heavy atom. The van der Waals surface area contributed by atoms with E-state index in [1.165, 1.54) is 137 Å². The fourth-order valence-corrected chi connectivity index (χ4v) is 4.65. The smallest absolute Gasteiger partial charge is 2.00 e. The van der Waals surface area contributed by atoms with E-state index in [4.69, 9.17) is 0 Å². The molecule has 0 radical (unpaired) electrons. The molecule has 0 N–H and O–H groups in total. The van der Waals surface area contributed by atoms with Gasteiger partial charge < -0.3 is 16.4 Å². The van der Waals surface area contributed by atoms with Gasteiger partial charge in [-0.05, 0) is 0 Å². The topological polar surface area (TPSA) is 85.5 Å². The summed E-state index contributed by atoms with van der Waals surface area (Å²) in [6.07, 6.45) is 29.4. The second kappa shape index (κ2) is 43.4. The van der Waals surface area contributed by atoms with Crippen molar-refractivity contribution in [3.63, 3.8) is 0 Å². The number of rotatable bonds is 20. The molecule has 29 heavy (non-hydrogen) atoms. The first-order chi connectivity index (χ1) is 12.8. The van der Waals surface area contributed by atoms with Crippen molar-refractivity contribution >= 4 is 45.0 Å². The molecule has 0 rings (SSSR count). The minimum atomic E-state index is 0. The van der Waals surface area contributed by atoms with Crippen LogP contribution in [0.1, 0.15) is 142 Å². The number of unbranched alkanes of at least 4 members (excludes halogenated alkanes) is 18. The Labute approximate surface area is 211 Å². The van der Waals surface area contributed by atoms with Crippen LogP contribution in [0.15, 0.2) is 0 Å². The predicted molar refractivity (Wildman–Crippen MR) is 127 cm³/mol. The van der Waals surface area contributed by atoms with Gasteiger partial charge in [-0.2, -0.15) is 0 Å². The molecule has 0 aromatic carbocycles. The van der Waals surface area contributed by atoms with Gasteiger partial charge in [0.1, 0.15) is 0 Å². The van der Waals surface area contributed by atoms with Gasteiger partial charge in [0.2, 0.25) is 0 Å². The predicted octanol–water partition coefficient (Wildman–Crippen LogP) is 8.63. The van der Waals surface area contributed by atoms with Crippen LogP contribution in [-0.2, 0) is 16.4 Å². The Balaban J connectivity index is -0.000000120. The molecule has 0 bridgehead atoms. The van der Waals surface area contributed by atoms with Crippen molar-refractivity contribution in [1.29, 1.82) is 0 Å². The summed E-state index contributed by atoms with van der Waals surface area (Å²) in [5.41, 5.74) is 0. The van der Waals surface area contributed by atoms with Crippen molar-refractivity contribution in [2.75, 3.05) is 0 Å². The normalized spacial score (nSPS) is 9.59. The molecule has 172 valence electrons. The SMILES string of the molecule is CCCCCCCCCCC[CH2][Sn+3].CCCCCCCCCCC[CH2][Sn+3].[O-2].[O-2].[O-2]. The van der Waals surface area contributed by atoms with Crippen molar-refractivity contribution in [1.82, 2.24) is 0 Å². The zero-order chi connectivity index (χ0) is 19.6. The second-order valence-electron chi connectivity index (χ2n) is 7.86. The first kappa shape index (κ1) is 40.8. The zero-order valence-electron chi connectivity index (χ0n) is 19.8. The molecule has 0 aromatic heterocycles. The molecule has 0 spiro atoms. The molecule has 3 nitrogen and oxygen atoms in total. The summed E-state index contributed by atoms with van der Waals surface area (Å²) in [7, 11) is 0. The molecule has 0 fully saturated rings. The Morgan fingerprint density at radius 2 is 0.483 bits per heavy atom. The minimum Gasteiger partial charge on any atom is -2.00 e. The van der Waals surface area contributed by atoms with E-state index in [0.29, 0.717) is 0 Å². The van der Waals surface area contributed by atoms with E-state index in [0.717, 1.165) is 0 Å². The van der Waals surface area contributed by atoms with Crippen LogP contribution in [-0.4, -0.2) is 45.0 Å². The Hall–Kier alpha value is 1.48. The van der Waals surface area contributed by atoms with E-state index in [-0.39, 0.29) is 16.4 Å². The van der Waals surface area contributed by atoms with Crippen LogP contribution in [0.2, 0.25) is 8.87 Å². The van der Waals surface area contributed by atoms with Crippen molar-refractivity contribution < 1.29 is 16.4 Å². The van der Waals surface area contributed by atoms with Crippen molar-refractivity contribution in [2.45, 2.75) is 151 Å². The standard InChI is InChI=1S/2C12H25.3O.2Sn/c2*1-3-5-7-9-11-12-10-8-6-4-2;;;;;/h2*1,3-12H2,2H3;;;;;/q;;3*-2;2*+3. The average molecular weight is 624 g/mol. The molecule has 0 saturated heterocycles. The van der Waals surface area contributed by atoms with Crippen LogP contribution < -0.4 is 0 Å². The van der Waals surface area contributed by atoms with E-state index in [1.807, 2.05) is 0 Å². The van der Waals surface area contributed by atoms with Gasteiger partial charge >= 0.3 is 196 Å². The average Bonchev–Trinajstić information content (AvgIpc) is 2.66. The summed E-state index contributed by atoms with van der Waals surface area (Å²) in [5.74, 6) is 0. The Kier molecular flexibility index (Phi) is 61.0. The molecule has 0 heterocycles. The van der Waals surface area contributed by atoms with Crippen molar-refractivity contribution in [3.8, 4) is 0 Å².